The summed E-state index contributed by atoms with van der Waals surface area (Å²) in [6, 6.07) is 13.5. The normalized spacial score (nSPS) is 13.0. The Morgan fingerprint density at radius 2 is 2.13 bits per heavy atom. The molecule has 0 radical (unpaired) electrons. The van der Waals surface area contributed by atoms with Crippen molar-refractivity contribution < 1.29 is 14.3 Å². The molecule has 1 amide bonds. The van der Waals surface area contributed by atoms with Crippen molar-refractivity contribution in [1.29, 1.82) is 0 Å². The maximum absolute atomic E-state index is 12.3. The molecule has 0 spiro atoms. The van der Waals surface area contributed by atoms with Crippen LogP contribution in [0, 0.1) is 0 Å². The number of fused-ring (bicyclic) bond motifs is 2. The third-order valence-electron chi connectivity index (χ3n) is 5.10. The van der Waals surface area contributed by atoms with Crippen molar-refractivity contribution in [2.45, 2.75) is 13.2 Å². The predicted octanol–water partition coefficient (Wildman–Crippen LogP) is 3.64. The highest BCUT2D eigenvalue weighted by molar-refractivity contribution is 7.20. The fourth-order valence-corrected chi connectivity index (χ4v) is 4.30. The lowest BCUT2D eigenvalue weighted by atomic mass is 10.1. The van der Waals surface area contributed by atoms with Crippen LogP contribution in [0.4, 0.5) is 5.13 Å². The smallest absolute Gasteiger partial charge is 0.253 e. The molecule has 2 aromatic carbocycles. The van der Waals surface area contributed by atoms with Crippen LogP contribution in [0.25, 0.3) is 16.2 Å². The van der Waals surface area contributed by atoms with Crippen LogP contribution < -0.4 is 10.1 Å². The summed E-state index contributed by atoms with van der Waals surface area (Å²) < 4.78 is 12.8. The van der Waals surface area contributed by atoms with E-state index >= 15 is 0 Å². The highest BCUT2D eigenvalue weighted by Crippen LogP contribution is 2.29. The number of nitrogens with zero attached hydrogens (tertiary/aromatic N) is 4. The van der Waals surface area contributed by atoms with Gasteiger partial charge in [0, 0.05) is 37.3 Å². The minimum absolute atomic E-state index is 0.0394. The van der Waals surface area contributed by atoms with Gasteiger partial charge in [0.1, 0.15) is 5.75 Å². The average molecular weight is 436 g/mol. The quantitative estimate of drug-likeness (QED) is 0.516. The van der Waals surface area contributed by atoms with E-state index in [2.05, 4.69) is 21.5 Å². The summed E-state index contributed by atoms with van der Waals surface area (Å²) in [5, 5.41) is 8.84. The van der Waals surface area contributed by atoms with Crippen LogP contribution in [-0.4, -0.2) is 46.3 Å². The van der Waals surface area contributed by atoms with Gasteiger partial charge in [-0.1, -0.05) is 35.6 Å². The van der Waals surface area contributed by atoms with Gasteiger partial charge in [0.15, 0.2) is 6.79 Å². The second kappa shape index (κ2) is 8.01. The van der Waals surface area contributed by atoms with E-state index in [0.29, 0.717) is 18.7 Å². The number of ether oxygens (including phenoxy) is 2. The van der Waals surface area contributed by atoms with Gasteiger partial charge in [0.25, 0.3) is 5.91 Å². The van der Waals surface area contributed by atoms with E-state index in [9.17, 15) is 4.79 Å². The van der Waals surface area contributed by atoms with E-state index in [1.54, 1.807) is 29.7 Å². The summed E-state index contributed by atoms with van der Waals surface area (Å²) in [6.07, 6.45) is 1.78. The van der Waals surface area contributed by atoms with Gasteiger partial charge in [-0.25, -0.2) is 9.50 Å². The molecule has 31 heavy (non-hydrogen) atoms. The van der Waals surface area contributed by atoms with Crippen molar-refractivity contribution in [2.75, 3.05) is 26.2 Å². The largest absolute Gasteiger partial charge is 0.467 e. The van der Waals surface area contributed by atoms with Crippen molar-refractivity contribution in [3.8, 4) is 17.0 Å². The van der Waals surface area contributed by atoms with Crippen molar-refractivity contribution in [3.05, 3.63) is 65.4 Å². The Hall–Kier alpha value is -3.43. The lowest BCUT2D eigenvalue weighted by Gasteiger charge is -2.20. The molecule has 0 fully saturated rings. The van der Waals surface area contributed by atoms with E-state index in [0.717, 1.165) is 38.2 Å². The first-order valence-electron chi connectivity index (χ1n) is 9.82. The van der Waals surface area contributed by atoms with Gasteiger partial charge in [-0.05, 0) is 23.8 Å². The van der Waals surface area contributed by atoms with Crippen LogP contribution in [0.3, 0.4) is 0 Å². The number of carbonyl (C=O) groups is 1. The number of aromatic nitrogens is 3. The number of anilines is 1. The van der Waals surface area contributed by atoms with E-state index in [1.165, 1.54) is 11.3 Å². The molecule has 9 heteroatoms. The molecule has 0 bridgehead atoms. The Morgan fingerprint density at radius 3 is 3.00 bits per heavy atom. The molecule has 3 heterocycles. The molecule has 1 aliphatic heterocycles. The highest BCUT2D eigenvalue weighted by Gasteiger charge is 2.16. The summed E-state index contributed by atoms with van der Waals surface area (Å²) in [4.78, 5) is 19.2. The molecule has 4 aromatic rings. The number of amides is 1. The molecule has 0 unspecified atom stereocenters. The summed E-state index contributed by atoms with van der Waals surface area (Å²) in [6.45, 7) is 1.44. The second-order valence-corrected chi connectivity index (χ2v) is 8.34. The van der Waals surface area contributed by atoms with Gasteiger partial charge >= 0.3 is 0 Å². The Balaban J connectivity index is 1.40. The first-order chi connectivity index (χ1) is 15.1. The Morgan fingerprint density at radius 1 is 1.26 bits per heavy atom. The Kier molecular flexibility index (Phi) is 5.05. The van der Waals surface area contributed by atoms with Crippen molar-refractivity contribution in [2.24, 2.45) is 0 Å². The summed E-state index contributed by atoms with van der Waals surface area (Å²) >= 11 is 1.48. The molecule has 5 rings (SSSR count). The number of rotatable bonds is 5. The fraction of sp³-hybridized carbons (Fsp3) is 0.227. The molecule has 8 nitrogen and oxygen atoms in total. The maximum Gasteiger partial charge on any atom is 0.253 e. The zero-order valence-electron chi connectivity index (χ0n) is 17.2. The van der Waals surface area contributed by atoms with Crippen molar-refractivity contribution in [3.63, 3.8) is 0 Å². The molecule has 0 saturated heterocycles. The van der Waals surface area contributed by atoms with Crippen LogP contribution >= 0.6 is 11.3 Å². The minimum Gasteiger partial charge on any atom is -0.467 e. The number of nitrogens with one attached hydrogen (secondary N) is 1. The van der Waals surface area contributed by atoms with E-state index in [1.807, 2.05) is 36.4 Å². The van der Waals surface area contributed by atoms with Crippen LogP contribution in [0.15, 0.2) is 48.7 Å². The summed E-state index contributed by atoms with van der Waals surface area (Å²) in [5.74, 6) is 0.830. The van der Waals surface area contributed by atoms with Crippen LogP contribution in [-0.2, 0) is 17.9 Å². The zero-order valence-corrected chi connectivity index (χ0v) is 18.0. The fourth-order valence-electron chi connectivity index (χ4n) is 3.53. The van der Waals surface area contributed by atoms with Crippen LogP contribution in [0.5, 0.6) is 5.75 Å². The molecule has 0 atom stereocenters. The van der Waals surface area contributed by atoms with Gasteiger partial charge in [-0.15, -0.1) is 5.10 Å². The van der Waals surface area contributed by atoms with Crippen LogP contribution in [0.1, 0.15) is 21.5 Å². The predicted molar refractivity (Wildman–Crippen MR) is 118 cm³/mol. The SMILES string of the molecule is CN(C)C(=O)c1cccc(-c2cnc3sc(NCc4cccc5c4COCO5)nn23)c1. The summed E-state index contributed by atoms with van der Waals surface area (Å²) in [5.41, 5.74) is 4.53. The molecule has 2 aromatic heterocycles. The molecule has 0 saturated carbocycles. The van der Waals surface area contributed by atoms with Gasteiger partial charge in [0.05, 0.1) is 18.5 Å². The molecule has 158 valence electrons. The average Bonchev–Trinajstić information content (AvgIpc) is 3.37. The Bertz CT molecular complexity index is 1260. The minimum atomic E-state index is -0.0394. The number of benzene rings is 2. The highest BCUT2D eigenvalue weighted by atomic mass is 32.1. The number of carbonyl (C=O) groups excluding carboxylic acids is 1. The maximum atomic E-state index is 12.3. The zero-order chi connectivity index (χ0) is 21.4. The molecular formula is C22H21N5O3S. The van der Waals surface area contributed by atoms with E-state index < -0.39 is 0 Å². The molecule has 1 aliphatic rings. The van der Waals surface area contributed by atoms with Gasteiger partial charge in [-0.3, -0.25) is 4.79 Å². The van der Waals surface area contributed by atoms with Gasteiger partial charge < -0.3 is 19.7 Å². The van der Waals surface area contributed by atoms with Gasteiger partial charge in [-0.2, -0.15) is 0 Å². The first kappa shape index (κ1) is 19.5. The molecular weight excluding hydrogens is 414 g/mol. The van der Waals surface area contributed by atoms with Gasteiger partial charge in [0.2, 0.25) is 10.1 Å². The lowest BCUT2D eigenvalue weighted by molar-refractivity contribution is -0.0168. The number of hydrogen-bond acceptors (Lipinski definition) is 7. The van der Waals surface area contributed by atoms with Crippen molar-refractivity contribution >= 4 is 27.3 Å². The third kappa shape index (κ3) is 3.73. The van der Waals surface area contributed by atoms with Crippen LogP contribution in [0.2, 0.25) is 0 Å². The van der Waals surface area contributed by atoms with E-state index in [-0.39, 0.29) is 12.7 Å². The third-order valence-corrected chi connectivity index (χ3v) is 5.98. The molecule has 0 aliphatic carbocycles. The Labute approximate surface area is 183 Å². The standard InChI is InChI=1S/C22H21N5O3S/c1-26(2)20(28)15-6-3-5-14(9-15)18-11-24-22-27(18)25-21(31-22)23-10-16-7-4-8-19-17(16)12-29-13-30-19/h3-9,11H,10,12-13H2,1-2H3,(H,23,25). The van der Waals surface area contributed by atoms with E-state index in [4.69, 9.17) is 9.47 Å². The lowest BCUT2D eigenvalue weighted by Crippen LogP contribution is -2.21. The molecule has 1 N–H and O–H groups in total. The first-order valence-corrected chi connectivity index (χ1v) is 10.6. The van der Waals surface area contributed by atoms with Crippen molar-refractivity contribution in [1.82, 2.24) is 19.5 Å². The number of imidazole rings is 1. The summed E-state index contributed by atoms with van der Waals surface area (Å²) in [7, 11) is 3.49. The topological polar surface area (TPSA) is 81.0 Å². The monoisotopic (exact) mass is 435 g/mol. The number of hydrogen-bond donors (Lipinski definition) is 1. The second-order valence-electron chi connectivity index (χ2n) is 7.38.